The van der Waals surface area contributed by atoms with E-state index in [9.17, 15) is 29.1 Å². The number of rotatable bonds is 9. The topological polar surface area (TPSA) is 189 Å². The van der Waals surface area contributed by atoms with E-state index in [2.05, 4.69) is 10.3 Å². The van der Waals surface area contributed by atoms with Crippen LogP contribution in [0.5, 0.6) is 5.75 Å². The molecule has 3 aromatic rings. The number of carbonyl (C=O) groups excluding carboxylic acids is 3. The fourth-order valence-electron chi connectivity index (χ4n) is 4.65. The van der Waals surface area contributed by atoms with Crippen molar-refractivity contribution >= 4 is 46.5 Å². The minimum Gasteiger partial charge on any atom is -0.484 e. The van der Waals surface area contributed by atoms with Crippen LogP contribution in [0.4, 0.5) is 0 Å². The molecule has 1 fully saturated rings. The lowest BCUT2D eigenvalue weighted by Crippen LogP contribution is -2.71. The van der Waals surface area contributed by atoms with Crippen molar-refractivity contribution in [2.75, 3.05) is 19.0 Å². The van der Waals surface area contributed by atoms with Crippen molar-refractivity contribution in [2.45, 2.75) is 31.8 Å². The summed E-state index contributed by atoms with van der Waals surface area (Å²) in [6.07, 6.45) is 1.38. The summed E-state index contributed by atoms with van der Waals surface area (Å²) in [6, 6.07) is 11.1. The van der Waals surface area contributed by atoms with Gasteiger partial charge >= 0.3 is 11.9 Å². The highest BCUT2D eigenvalue weighted by Crippen LogP contribution is 2.40. The van der Waals surface area contributed by atoms with Crippen molar-refractivity contribution in [3.63, 3.8) is 0 Å². The van der Waals surface area contributed by atoms with Gasteiger partial charge in [-0.15, -0.1) is 11.8 Å². The smallest absolute Gasteiger partial charge is 0.352 e. The van der Waals surface area contributed by atoms with Gasteiger partial charge in [0.15, 0.2) is 6.61 Å². The van der Waals surface area contributed by atoms with Crippen molar-refractivity contribution in [3.8, 4) is 5.75 Å². The van der Waals surface area contributed by atoms with Gasteiger partial charge in [0.2, 0.25) is 5.43 Å². The number of carboxylic acids is 1. The highest BCUT2D eigenvalue weighted by atomic mass is 32.2. The van der Waals surface area contributed by atoms with Crippen LogP contribution in [0.25, 0.3) is 11.0 Å². The summed E-state index contributed by atoms with van der Waals surface area (Å²) in [5.41, 5.74) is 0.320. The van der Waals surface area contributed by atoms with Gasteiger partial charge < -0.3 is 29.9 Å². The lowest BCUT2D eigenvalue weighted by molar-refractivity contribution is -0.151. The minimum atomic E-state index is -1.37. The van der Waals surface area contributed by atoms with Crippen LogP contribution in [0.2, 0.25) is 0 Å². The molecular formula is C28H28N4O9S. The van der Waals surface area contributed by atoms with Crippen LogP contribution in [-0.2, 0) is 25.7 Å². The van der Waals surface area contributed by atoms with Gasteiger partial charge in [-0.3, -0.25) is 19.3 Å². The summed E-state index contributed by atoms with van der Waals surface area (Å²) in [5.74, 6) is -2.77. The first-order valence-corrected chi connectivity index (χ1v) is 13.8. The highest BCUT2D eigenvalue weighted by molar-refractivity contribution is 8.00. The first-order valence-electron chi connectivity index (χ1n) is 12.7. The van der Waals surface area contributed by atoms with Crippen LogP contribution in [-0.4, -0.2) is 79.2 Å². The Hall–Kier alpha value is -4.69. The van der Waals surface area contributed by atoms with Crippen LogP contribution >= 0.6 is 11.8 Å². The Bertz CT molecular complexity index is 1650. The number of thioether (sulfide) groups is 1. The zero-order valence-electron chi connectivity index (χ0n) is 22.7. The Morgan fingerprint density at radius 3 is 2.57 bits per heavy atom. The standard InChI is InChI=1S/C28H26N4O8S.H2O/c1-3-31-11-19(23(34)18-10-9-15(2)29-24(18)31)28(38)40-12-16-14-41-26-21(25(35)32(26)22(16)27(36)37)30-20(33)13-39-17-7-5-4-6-8-17;/h4-11,21,26H,3,12-14H2,1-2H3,(H,30,33)(H,36,37);1H2/t21-,26-;/m1./s1. The summed E-state index contributed by atoms with van der Waals surface area (Å²) < 4.78 is 12.5. The molecule has 220 valence electrons. The van der Waals surface area contributed by atoms with Gasteiger partial charge in [-0.2, -0.15) is 0 Å². The highest BCUT2D eigenvalue weighted by Gasteiger charge is 2.54. The number of fused-ring (bicyclic) bond motifs is 2. The summed E-state index contributed by atoms with van der Waals surface area (Å²) in [7, 11) is 0. The molecule has 2 aliphatic rings. The maximum Gasteiger partial charge on any atom is 0.352 e. The van der Waals surface area contributed by atoms with E-state index in [1.165, 1.54) is 18.0 Å². The van der Waals surface area contributed by atoms with E-state index in [4.69, 9.17) is 9.47 Å². The summed E-state index contributed by atoms with van der Waals surface area (Å²) in [6.45, 7) is 3.36. The number of nitrogens with zero attached hydrogens (tertiary/aromatic N) is 3. The number of aliphatic carboxylic acids is 1. The number of carboxylic acid groups (broad SMARTS) is 1. The number of aromatic nitrogens is 2. The van der Waals surface area contributed by atoms with E-state index in [0.717, 1.165) is 10.6 Å². The molecule has 2 aliphatic heterocycles. The van der Waals surface area contributed by atoms with Crippen molar-refractivity contribution in [1.82, 2.24) is 19.8 Å². The normalized spacial score (nSPS) is 17.6. The van der Waals surface area contributed by atoms with E-state index >= 15 is 0 Å². The molecule has 4 heterocycles. The van der Waals surface area contributed by atoms with Gasteiger partial charge in [0.1, 0.15) is 40.7 Å². The zero-order valence-corrected chi connectivity index (χ0v) is 23.5. The number of hydrogen-bond donors (Lipinski definition) is 2. The van der Waals surface area contributed by atoms with Crippen molar-refractivity contribution in [2.24, 2.45) is 0 Å². The first kappa shape index (κ1) is 30.3. The molecule has 5 rings (SSSR count). The quantitative estimate of drug-likeness (QED) is 0.265. The number of para-hydroxylation sites is 1. The minimum absolute atomic E-state index is 0. The molecule has 0 bridgehead atoms. The molecule has 1 saturated heterocycles. The fraction of sp³-hybridized carbons (Fsp3) is 0.286. The molecule has 2 atom stereocenters. The van der Waals surface area contributed by atoms with Crippen LogP contribution in [0.15, 0.2) is 64.7 Å². The number of ether oxygens (including phenoxy) is 2. The molecule has 1 aromatic carbocycles. The Kier molecular flexibility index (Phi) is 8.97. The number of nitrogens with one attached hydrogen (secondary N) is 1. The lowest BCUT2D eigenvalue weighted by atomic mass is 10.0. The van der Waals surface area contributed by atoms with E-state index in [1.54, 1.807) is 47.9 Å². The Balaban J connectivity index is 0.00000405. The van der Waals surface area contributed by atoms with Gasteiger partial charge in [0.05, 0.1) is 5.39 Å². The number of hydrogen-bond acceptors (Lipinski definition) is 9. The maximum atomic E-state index is 13.0. The van der Waals surface area contributed by atoms with E-state index in [1.807, 2.05) is 13.0 Å². The second-order valence-corrected chi connectivity index (χ2v) is 10.5. The summed E-state index contributed by atoms with van der Waals surface area (Å²) >= 11 is 1.23. The third-order valence-corrected chi connectivity index (χ3v) is 8.02. The number of esters is 1. The first-order chi connectivity index (χ1) is 19.7. The number of benzene rings is 1. The molecular weight excluding hydrogens is 568 g/mol. The van der Waals surface area contributed by atoms with Crippen LogP contribution < -0.4 is 15.5 Å². The molecule has 2 aromatic heterocycles. The maximum absolute atomic E-state index is 13.0. The van der Waals surface area contributed by atoms with Gasteiger partial charge in [0, 0.05) is 29.8 Å². The third-order valence-electron chi connectivity index (χ3n) is 6.68. The molecule has 0 aliphatic carbocycles. The van der Waals surface area contributed by atoms with Gasteiger partial charge in [0.25, 0.3) is 11.8 Å². The molecule has 14 heteroatoms. The monoisotopic (exact) mass is 596 g/mol. The average molecular weight is 597 g/mol. The van der Waals surface area contributed by atoms with Gasteiger partial charge in [-0.1, -0.05) is 18.2 Å². The number of amides is 2. The average Bonchev–Trinajstić information content (AvgIpc) is 2.97. The number of carbonyl (C=O) groups is 4. The SMILES string of the molecule is CCn1cc(C(=O)OCC2=C(C(=O)O)N3C(=O)[C@@H](NC(=O)COc4ccccc4)[C@H]3SC2)c(=O)c2ccc(C)nc21.O. The predicted octanol–water partition coefficient (Wildman–Crippen LogP) is 0.875. The fourth-order valence-corrected chi connectivity index (χ4v) is 5.98. The summed E-state index contributed by atoms with van der Waals surface area (Å²) in [4.78, 5) is 68.8. The van der Waals surface area contributed by atoms with Gasteiger partial charge in [-0.05, 0) is 38.1 Å². The second-order valence-electron chi connectivity index (χ2n) is 9.37. The van der Waals surface area contributed by atoms with E-state index < -0.39 is 47.2 Å². The molecule has 2 amide bonds. The molecule has 0 unspecified atom stereocenters. The van der Waals surface area contributed by atoms with Crippen molar-refractivity contribution in [3.05, 3.63) is 81.4 Å². The lowest BCUT2D eigenvalue weighted by Gasteiger charge is -2.49. The Labute approximate surface area is 243 Å². The van der Waals surface area contributed by atoms with Crippen molar-refractivity contribution in [1.29, 1.82) is 0 Å². The van der Waals surface area contributed by atoms with Crippen LogP contribution in [0.1, 0.15) is 23.0 Å². The third kappa shape index (κ3) is 5.71. The molecule has 0 saturated carbocycles. The van der Waals surface area contributed by atoms with E-state index in [-0.39, 0.29) is 40.1 Å². The molecule has 0 spiro atoms. The van der Waals surface area contributed by atoms with Crippen LogP contribution in [0.3, 0.4) is 0 Å². The zero-order chi connectivity index (χ0) is 29.3. The number of pyridine rings is 2. The predicted molar refractivity (Wildman–Crippen MR) is 152 cm³/mol. The molecule has 42 heavy (non-hydrogen) atoms. The molecule has 0 radical (unpaired) electrons. The molecule has 4 N–H and O–H groups in total. The number of β-lactam (4-membered cyclic amide) rings is 1. The Morgan fingerprint density at radius 1 is 1.14 bits per heavy atom. The second kappa shape index (κ2) is 12.4. The van der Waals surface area contributed by atoms with Crippen molar-refractivity contribution < 1.29 is 39.2 Å². The largest absolute Gasteiger partial charge is 0.484 e. The van der Waals surface area contributed by atoms with E-state index in [0.29, 0.717) is 17.9 Å². The summed E-state index contributed by atoms with van der Waals surface area (Å²) in [5, 5.41) is 12.1. The van der Waals surface area contributed by atoms with Crippen LogP contribution in [0, 0.1) is 6.92 Å². The number of aryl methyl sites for hydroxylation is 2. The van der Waals surface area contributed by atoms with Gasteiger partial charge in [-0.25, -0.2) is 14.6 Å². The molecule has 13 nitrogen and oxygen atoms in total. The Morgan fingerprint density at radius 2 is 1.88 bits per heavy atom.